The Bertz CT molecular complexity index is 2000. The molecule has 3 aromatic carbocycles. The van der Waals surface area contributed by atoms with Crippen LogP contribution >= 0.6 is 0 Å². The number of aryl methyl sites for hydroxylation is 2. The fraction of sp³-hybridized carbons (Fsp3) is 0.415. The number of hydrogen-bond donors (Lipinski definition) is 0. The molecule has 240 valence electrons. The third-order valence-corrected chi connectivity index (χ3v) is 9.94. The summed E-state index contributed by atoms with van der Waals surface area (Å²) in [7, 11) is 0. The topological polar surface area (TPSA) is 39.4 Å². The molecule has 1 fully saturated rings. The third-order valence-electron chi connectivity index (χ3n) is 9.94. The molecular formula is C41H45N3OPt. The van der Waals surface area contributed by atoms with Gasteiger partial charge in [0.25, 0.3) is 0 Å². The molecule has 0 saturated heterocycles. The molecule has 5 aromatic rings. The van der Waals surface area contributed by atoms with Crippen LogP contribution in [0, 0.1) is 26.0 Å². The number of fused-ring (bicyclic) bond motifs is 4. The van der Waals surface area contributed by atoms with Crippen molar-refractivity contribution in [3.8, 4) is 16.9 Å². The van der Waals surface area contributed by atoms with Crippen LogP contribution in [0.1, 0.15) is 102 Å². The van der Waals surface area contributed by atoms with Crippen molar-refractivity contribution in [3.63, 3.8) is 0 Å². The number of benzene rings is 3. The Morgan fingerprint density at radius 2 is 1.63 bits per heavy atom. The van der Waals surface area contributed by atoms with E-state index in [1.807, 2.05) is 6.20 Å². The minimum atomic E-state index is -0.224. The largest absolute Gasteiger partial charge is 2.00 e. The minimum absolute atomic E-state index is 0. The number of pyridine rings is 1. The van der Waals surface area contributed by atoms with Crippen molar-refractivity contribution in [2.24, 2.45) is 4.99 Å². The van der Waals surface area contributed by atoms with E-state index in [4.69, 9.17) is 14.7 Å². The Balaban J connectivity index is 0.00000372. The molecule has 0 radical (unpaired) electrons. The van der Waals surface area contributed by atoms with Gasteiger partial charge in [0.15, 0.2) is 0 Å². The summed E-state index contributed by atoms with van der Waals surface area (Å²) in [6, 6.07) is 25.8. The Kier molecular flexibility index (Phi) is 8.16. The fourth-order valence-corrected chi connectivity index (χ4v) is 7.10. The van der Waals surface area contributed by atoms with Crippen molar-refractivity contribution >= 4 is 27.7 Å². The van der Waals surface area contributed by atoms with E-state index in [0.29, 0.717) is 0 Å². The summed E-state index contributed by atoms with van der Waals surface area (Å²) in [5, 5.41) is 2.41. The zero-order valence-electron chi connectivity index (χ0n) is 28.7. The summed E-state index contributed by atoms with van der Waals surface area (Å²) < 4.78 is 9.03. The monoisotopic (exact) mass is 790 g/mol. The average molecular weight is 791 g/mol. The summed E-state index contributed by atoms with van der Waals surface area (Å²) in [5.74, 6) is 0.733. The van der Waals surface area contributed by atoms with Gasteiger partial charge < -0.3 is 14.3 Å². The van der Waals surface area contributed by atoms with Crippen molar-refractivity contribution in [2.75, 3.05) is 0 Å². The molecule has 4 nitrogen and oxygen atoms in total. The van der Waals surface area contributed by atoms with Crippen LogP contribution in [0.3, 0.4) is 0 Å². The summed E-state index contributed by atoms with van der Waals surface area (Å²) in [4.78, 5) is 10.0. The normalized spacial score (nSPS) is 19.9. The van der Waals surface area contributed by atoms with Crippen LogP contribution < -0.4 is 0 Å². The average Bonchev–Trinajstić information content (AvgIpc) is 3.50. The van der Waals surface area contributed by atoms with Crippen LogP contribution in [-0.4, -0.2) is 27.1 Å². The van der Waals surface area contributed by atoms with Gasteiger partial charge in [-0.05, 0) is 83.9 Å². The maximum Gasteiger partial charge on any atom is 2.00 e. The fourth-order valence-electron chi connectivity index (χ4n) is 7.10. The second kappa shape index (κ2) is 11.5. The van der Waals surface area contributed by atoms with Crippen molar-refractivity contribution in [1.82, 2.24) is 9.55 Å². The van der Waals surface area contributed by atoms with E-state index < -0.39 is 0 Å². The first-order valence-corrected chi connectivity index (χ1v) is 16.5. The zero-order chi connectivity index (χ0) is 31.9. The van der Waals surface area contributed by atoms with Crippen LogP contribution in [-0.2, 0) is 36.6 Å². The van der Waals surface area contributed by atoms with E-state index in [9.17, 15) is 0 Å². The SMILES string of the molecule is Cc1ccc2c(c1)c1cc(C)c(-c3cc(C(C)(C)C)ccn3)[c-]c1n2-c1[c-]c(C2=N[C@H]3CCCC[C@]3(C)O2)cc(C(C)(C)C)c1.[Pt+2]. The van der Waals surface area contributed by atoms with E-state index in [1.165, 1.54) is 45.9 Å². The molecule has 1 aliphatic heterocycles. The minimum Gasteiger partial charge on any atom is -0.512 e. The number of aliphatic imine (C=N–C) groups is 1. The second-order valence-corrected chi connectivity index (χ2v) is 15.7. The van der Waals surface area contributed by atoms with Crippen LogP contribution in [0.4, 0.5) is 0 Å². The molecular weight excluding hydrogens is 746 g/mol. The zero-order valence-corrected chi connectivity index (χ0v) is 30.9. The predicted octanol–water partition coefficient (Wildman–Crippen LogP) is 10.1. The van der Waals surface area contributed by atoms with Crippen molar-refractivity contribution in [2.45, 2.75) is 110 Å². The van der Waals surface area contributed by atoms with E-state index in [0.717, 1.165) is 52.3 Å². The Hall–Kier alpha value is -3.23. The van der Waals surface area contributed by atoms with Gasteiger partial charge in [0.05, 0.1) is 6.04 Å². The standard InChI is InChI=1S/C41H45N3O.Pt/c1-25-13-14-35-32(18-25)33-19-26(2)31(34-23-28(15-17-42-34)39(3,4)5)24-36(33)44(35)30-21-27(20-29(22-30)40(6,7)8)38-43-37-12-10-11-16-41(37,9)45-38;/h13-15,17-20,22-23,37H,10-12,16H2,1-9H3;/q-2;+2/t37-,41-;/m0./s1. The molecule has 1 saturated carbocycles. The Morgan fingerprint density at radius 1 is 0.870 bits per heavy atom. The molecule has 0 amide bonds. The molecule has 0 unspecified atom stereocenters. The molecule has 0 spiro atoms. The first kappa shape index (κ1) is 32.7. The predicted molar refractivity (Wildman–Crippen MR) is 187 cm³/mol. The van der Waals surface area contributed by atoms with Gasteiger partial charge in [-0.2, -0.15) is 0 Å². The van der Waals surface area contributed by atoms with E-state index in [1.54, 1.807) is 0 Å². The maximum absolute atomic E-state index is 6.69. The molecule has 2 aliphatic rings. The van der Waals surface area contributed by atoms with Gasteiger partial charge in [0.2, 0.25) is 0 Å². The van der Waals surface area contributed by atoms with Crippen LogP contribution in [0.25, 0.3) is 38.8 Å². The van der Waals surface area contributed by atoms with E-state index >= 15 is 0 Å². The second-order valence-electron chi connectivity index (χ2n) is 15.7. The van der Waals surface area contributed by atoms with Crippen LogP contribution in [0.2, 0.25) is 0 Å². The number of hydrogen-bond acceptors (Lipinski definition) is 3. The van der Waals surface area contributed by atoms with Gasteiger partial charge in [-0.25, -0.2) is 0 Å². The van der Waals surface area contributed by atoms with Crippen molar-refractivity contribution in [1.29, 1.82) is 0 Å². The number of aromatic nitrogens is 2. The molecule has 5 heteroatoms. The van der Waals surface area contributed by atoms with Gasteiger partial charge >= 0.3 is 21.1 Å². The van der Waals surface area contributed by atoms with Crippen molar-refractivity contribution in [3.05, 3.63) is 94.7 Å². The Morgan fingerprint density at radius 3 is 2.35 bits per heavy atom. The van der Waals surface area contributed by atoms with Crippen LogP contribution in [0.15, 0.2) is 59.7 Å². The first-order chi connectivity index (χ1) is 21.2. The maximum atomic E-state index is 6.69. The summed E-state index contributed by atoms with van der Waals surface area (Å²) in [5.41, 5.74) is 10.7. The number of nitrogens with zero attached hydrogens (tertiary/aromatic N) is 3. The molecule has 7 rings (SSSR count). The van der Waals surface area contributed by atoms with E-state index in [-0.39, 0.29) is 43.5 Å². The molecule has 1 aliphatic carbocycles. The van der Waals surface area contributed by atoms with Crippen LogP contribution in [0.5, 0.6) is 0 Å². The molecule has 2 atom stereocenters. The van der Waals surface area contributed by atoms with Gasteiger partial charge in [0.1, 0.15) is 11.5 Å². The number of ether oxygens (including phenoxy) is 1. The molecule has 0 bridgehead atoms. The molecule has 3 heterocycles. The van der Waals surface area contributed by atoms with Gasteiger partial charge in [-0.1, -0.05) is 89.6 Å². The van der Waals surface area contributed by atoms with Gasteiger partial charge in [0, 0.05) is 11.7 Å². The Labute approximate surface area is 289 Å². The van der Waals surface area contributed by atoms with Gasteiger partial charge in [-0.15, -0.1) is 47.0 Å². The molecule has 46 heavy (non-hydrogen) atoms. The van der Waals surface area contributed by atoms with E-state index in [2.05, 4.69) is 128 Å². The van der Waals surface area contributed by atoms with Gasteiger partial charge in [-0.3, -0.25) is 4.99 Å². The quantitative estimate of drug-likeness (QED) is 0.171. The smallest absolute Gasteiger partial charge is 0.512 e. The molecule has 2 aromatic heterocycles. The summed E-state index contributed by atoms with van der Waals surface area (Å²) >= 11 is 0. The first-order valence-electron chi connectivity index (χ1n) is 16.5. The summed E-state index contributed by atoms with van der Waals surface area (Å²) in [6.45, 7) is 20.1. The molecule has 0 N–H and O–H groups in total. The summed E-state index contributed by atoms with van der Waals surface area (Å²) in [6.07, 6.45) is 6.46. The third kappa shape index (κ3) is 5.66. The number of rotatable bonds is 3. The van der Waals surface area contributed by atoms with Crippen molar-refractivity contribution < 1.29 is 25.8 Å².